The van der Waals surface area contributed by atoms with Gasteiger partial charge >= 0.3 is 5.97 Å². The van der Waals surface area contributed by atoms with E-state index in [1.54, 1.807) is 0 Å². The lowest BCUT2D eigenvalue weighted by atomic mass is 10.4. The Labute approximate surface area is 59.9 Å². The second kappa shape index (κ2) is 4.61. The summed E-state index contributed by atoms with van der Waals surface area (Å²) in [6, 6.07) is 0. The molecule has 0 aliphatic heterocycles. The molecule has 0 aliphatic rings. The van der Waals surface area contributed by atoms with Crippen molar-refractivity contribution in [1.82, 2.24) is 0 Å². The standard InChI is InChI=1S/C7H10O3/c1-6(9-2)4-5-7(8)10-3/h4-5H,1H2,2-3H3/b5-4-. The molecule has 0 N–H and O–H groups in total. The molecular formula is C7H10O3. The molecule has 10 heavy (non-hydrogen) atoms. The van der Waals surface area contributed by atoms with Crippen molar-refractivity contribution >= 4 is 5.97 Å². The first-order valence-corrected chi connectivity index (χ1v) is 2.69. The highest BCUT2D eigenvalue weighted by Gasteiger charge is 1.90. The van der Waals surface area contributed by atoms with Gasteiger partial charge in [-0.1, -0.05) is 6.58 Å². The van der Waals surface area contributed by atoms with E-state index in [1.165, 1.54) is 26.4 Å². The highest BCUT2D eigenvalue weighted by atomic mass is 16.5. The van der Waals surface area contributed by atoms with Crippen molar-refractivity contribution in [1.29, 1.82) is 0 Å². The largest absolute Gasteiger partial charge is 0.497 e. The Morgan fingerprint density at radius 2 is 1.90 bits per heavy atom. The fraction of sp³-hybridized carbons (Fsp3) is 0.286. The van der Waals surface area contributed by atoms with E-state index in [1.807, 2.05) is 0 Å². The van der Waals surface area contributed by atoms with Gasteiger partial charge in [0.05, 0.1) is 14.2 Å². The Hall–Kier alpha value is -1.25. The highest BCUT2D eigenvalue weighted by Crippen LogP contribution is 1.91. The average molecular weight is 142 g/mol. The summed E-state index contributed by atoms with van der Waals surface area (Å²) in [5.41, 5.74) is 0. The molecule has 0 aromatic rings. The van der Waals surface area contributed by atoms with Crippen LogP contribution in [0.3, 0.4) is 0 Å². The predicted octanol–water partition coefficient (Wildman–Crippen LogP) is 0.876. The molecule has 0 aromatic heterocycles. The minimum atomic E-state index is -0.418. The monoisotopic (exact) mass is 142 g/mol. The first kappa shape index (κ1) is 8.75. The topological polar surface area (TPSA) is 35.5 Å². The summed E-state index contributed by atoms with van der Waals surface area (Å²) in [6.07, 6.45) is 2.68. The van der Waals surface area contributed by atoms with Gasteiger partial charge in [0, 0.05) is 6.08 Å². The van der Waals surface area contributed by atoms with Crippen LogP contribution in [0.15, 0.2) is 24.5 Å². The number of carbonyl (C=O) groups is 1. The van der Waals surface area contributed by atoms with Crippen molar-refractivity contribution in [2.24, 2.45) is 0 Å². The Bertz CT molecular complexity index is 140. The number of hydrogen-bond acceptors (Lipinski definition) is 3. The van der Waals surface area contributed by atoms with Crippen molar-refractivity contribution < 1.29 is 14.3 Å². The number of rotatable bonds is 3. The summed E-state index contributed by atoms with van der Waals surface area (Å²) >= 11 is 0. The number of ether oxygens (including phenoxy) is 2. The van der Waals surface area contributed by atoms with Gasteiger partial charge in [-0.3, -0.25) is 0 Å². The summed E-state index contributed by atoms with van der Waals surface area (Å²) in [5, 5.41) is 0. The zero-order chi connectivity index (χ0) is 7.98. The van der Waals surface area contributed by atoms with E-state index < -0.39 is 5.97 Å². The molecule has 0 saturated carbocycles. The molecule has 0 saturated heterocycles. The van der Waals surface area contributed by atoms with Gasteiger partial charge < -0.3 is 9.47 Å². The van der Waals surface area contributed by atoms with Crippen LogP contribution in [0.4, 0.5) is 0 Å². The smallest absolute Gasteiger partial charge is 0.330 e. The molecule has 0 amide bonds. The first-order valence-electron chi connectivity index (χ1n) is 2.69. The first-order chi connectivity index (χ1) is 4.70. The maximum absolute atomic E-state index is 10.4. The van der Waals surface area contributed by atoms with E-state index in [9.17, 15) is 4.79 Å². The fourth-order valence-corrected chi connectivity index (χ4v) is 0.297. The quantitative estimate of drug-likeness (QED) is 0.254. The summed E-state index contributed by atoms with van der Waals surface area (Å²) in [6.45, 7) is 3.46. The van der Waals surface area contributed by atoms with Gasteiger partial charge in [0.15, 0.2) is 0 Å². The number of methoxy groups -OCH3 is 2. The van der Waals surface area contributed by atoms with Crippen LogP contribution in [0, 0.1) is 0 Å². The SMILES string of the molecule is C=C(/C=C\C(=O)OC)OC. The molecule has 0 radical (unpaired) electrons. The zero-order valence-corrected chi connectivity index (χ0v) is 6.09. The molecule has 0 spiro atoms. The number of esters is 1. The van der Waals surface area contributed by atoms with Gasteiger partial charge in [0.25, 0.3) is 0 Å². The molecule has 0 aliphatic carbocycles. The zero-order valence-electron chi connectivity index (χ0n) is 6.09. The van der Waals surface area contributed by atoms with Crippen LogP contribution in [-0.4, -0.2) is 20.2 Å². The van der Waals surface area contributed by atoms with E-state index in [0.29, 0.717) is 5.76 Å². The van der Waals surface area contributed by atoms with E-state index in [4.69, 9.17) is 0 Å². The number of hydrogen-bond donors (Lipinski definition) is 0. The van der Waals surface area contributed by atoms with Crippen LogP contribution >= 0.6 is 0 Å². The molecule has 3 nitrogen and oxygen atoms in total. The molecule has 0 unspecified atom stereocenters. The second-order valence-electron chi connectivity index (χ2n) is 1.53. The predicted molar refractivity (Wildman–Crippen MR) is 37.3 cm³/mol. The Morgan fingerprint density at radius 1 is 1.30 bits per heavy atom. The van der Waals surface area contributed by atoms with E-state index in [2.05, 4.69) is 16.1 Å². The molecule has 0 bridgehead atoms. The fourth-order valence-electron chi connectivity index (χ4n) is 0.297. The Morgan fingerprint density at radius 3 is 2.30 bits per heavy atom. The van der Waals surface area contributed by atoms with E-state index in [-0.39, 0.29) is 0 Å². The second-order valence-corrected chi connectivity index (χ2v) is 1.53. The summed E-state index contributed by atoms with van der Waals surface area (Å²) in [7, 11) is 2.78. The van der Waals surface area contributed by atoms with Crippen molar-refractivity contribution in [3.63, 3.8) is 0 Å². The van der Waals surface area contributed by atoms with Gasteiger partial charge in [0.2, 0.25) is 0 Å². The molecule has 0 fully saturated rings. The van der Waals surface area contributed by atoms with Gasteiger partial charge in [-0.05, 0) is 6.08 Å². The minimum Gasteiger partial charge on any atom is -0.497 e. The van der Waals surface area contributed by atoms with Crippen LogP contribution < -0.4 is 0 Å². The summed E-state index contributed by atoms with van der Waals surface area (Å²) in [4.78, 5) is 10.4. The van der Waals surface area contributed by atoms with Crippen molar-refractivity contribution in [2.45, 2.75) is 0 Å². The van der Waals surface area contributed by atoms with Crippen LogP contribution in [0.1, 0.15) is 0 Å². The van der Waals surface area contributed by atoms with Crippen molar-refractivity contribution in [3.8, 4) is 0 Å². The minimum absolute atomic E-state index is 0.418. The Kier molecular flexibility index (Phi) is 4.04. The molecule has 0 aromatic carbocycles. The van der Waals surface area contributed by atoms with Gasteiger partial charge in [-0.15, -0.1) is 0 Å². The van der Waals surface area contributed by atoms with Gasteiger partial charge in [0.1, 0.15) is 5.76 Å². The van der Waals surface area contributed by atoms with Crippen molar-refractivity contribution in [2.75, 3.05) is 14.2 Å². The van der Waals surface area contributed by atoms with Gasteiger partial charge in [-0.2, -0.15) is 0 Å². The maximum Gasteiger partial charge on any atom is 0.330 e. The van der Waals surface area contributed by atoms with Crippen LogP contribution in [0.2, 0.25) is 0 Å². The van der Waals surface area contributed by atoms with Crippen molar-refractivity contribution in [3.05, 3.63) is 24.5 Å². The number of carbonyl (C=O) groups excluding carboxylic acids is 1. The number of allylic oxidation sites excluding steroid dienone is 1. The molecule has 0 heterocycles. The molecule has 3 heteroatoms. The van der Waals surface area contributed by atoms with E-state index >= 15 is 0 Å². The summed E-state index contributed by atoms with van der Waals surface area (Å²) < 4.78 is 8.98. The normalized spacial score (nSPS) is 9.40. The lowest BCUT2D eigenvalue weighted by molar-refractivity contribution is -0.134. The summed E-state index contributed by atoms with van der Waals surface area (Å²) in [5.74, 6) is 0.00333. The van der Waals surface area contributed by atoms with Gasteiger partial charge in [-0.25, -0.2) is 4.79 Å². The highest BCUT2D eigenvalue weighted by molar-refractivity contribution is 5.82. The molecular weight excluding hydrogens is 132 g/mol. The molecule has 0 atom stereocenters. The lowest BCUT2D eigenvalue weighted by Gasteiger charge is -1.94. The Balaban J connectivity index is 3.75. The average Bonchev–Trinajstić information content (AvgIpc) is 1.99. The van der Waals surface area contributed by atoms with Crippen LogP contribution in [0.5, 0.6) is 0 Å². The third-order valence-corrected chi connectivity index (χ3v) is 0.869. The third-order valence-electron chi connectivity index (χ3n) is 0.869. The van der Waals surface area contributed by atoms with Crippen LogP contribution in [0.25, 0.3) is 0 Å². The van der Waals surface area contributed by atoms with Crippen LogP contribution in [-0.2, 0) is 14.3 Å². The lowest BCUT2D eigenvalue weighted by Crippen LogP contribution is -1.93. The molecule has 0 rings (SSSR count). The maximum atomic E-state index is 10.4. The third kappa shape index (κ3) is 3.72. The van der Waals surface area contributed by atoms with E-state index in [0.717, 1.165) is 0 Å². The molecule has 56 valence electrons.